The summed E-state index contributed by atoms with van der Waals surface area (Å²) in [4.78, 5) is 27.0. The second-order valence-corrected chi connectivity index (χ2v) is 8.75. The highest BCUT2D eigenvalue weighted by Crippen LogP contribution is 2.31. The molecule has 4 rings (SSSR count). The third kappa shape index (κ3) is 3.92. The topological polar surface area (TPSA) is 61.4 Å². The van der Waals surface area contributed by atoms with Crippen LogP contribution in [-0.4, -0.2) is 52.5 Å². The number of fused-ring (bicyclic) bond motifs is 1. The summed E-state index contributed by atoms with van der Waals surface area (Å²) in [6.07, 6.45) is 7.22. The van der Waals surface area contributed by atoms with E-state index < -0.39 is 0 Å². The van der Waals surface area contributed by atoms with Crippen molar-refractivity contribution in [1.82, 2.24) is 20.2 Å². The molecule has 1 unspecified atom stereocenters. The highest BCUT2D eigenvalue weighted by Gasteiger charge is 2.32. The minimum absolute atomic E-state index is 0.00133. The number of carbonyl (C=O) groups is 1. The van der Waals surface area contributed by atoms with Gasteiger partial charge >= 0.3 is 0 Å². The van der Waals surface area contributed by atoms with E-state index >= 15 is 0 Å². The number of nitrogens with one attached hydrogen (secondary N) is 1. The molecule has 3 heterocycles. The normalized spacial score (nSPS) is 23.5. The minimum atomic E-state index is -0.00133. The number of hydrogen-bond donors (Lipinski definition) is 1. The molecule has 0 saturated carbocycles. The fourth-order valence-corrected chi connectivity index (χ4v) is 5.09. The van der Waals surface area contributed by atoms with Crippen LogP contribution in [0.25, 0.3) is 10.2 Å². The average Bonchev–Trinajstić information content (AvgIpc) is 3.12. The van der Waals surface area contributed by atoms with E-state index in [1.165, 1.54) is 0 Å². The van der Waals surface area contributed by atoms with Crippen molar-refractivity contribution in [3.63, 3.8) is 0 Å². The Balaban J connectivity index is 1.43. The predicted molar refractivity (Wildman–Crippen MR) is 115 cm³/mol. The second-order valence-electron chi connectivity index (χ2n) is 7.45. The van der Waals surface area contributed by atoms with Gasteiger partial charge in [-0.3, -0.25) is 9.69 Å². The van der Waals surface area contributed by atoms with Crippen LogP contribution < -0.4 is 10.2 Å². The third-order valence-electron chi connectivity index (χ3n) is 5.25. The molecule has 1 aliphatic carbocycles. The standard InChI is InChI=1S/C20H24ClN5OS/c1-13-9-25(11-18(27)24-17-6-4-3-5-16(17)21)10-14(2)26(13)19-15-7-8-28-20(15)23-12-22-19/h3,5,7-8,12-14H,4,6,9-11H2,1-2H3,(H,24,27)/t13-,14?/m0/s1. The van der Waals surface area contributed by atoms with Crippen LogP contribution in [0.3, 0.4) is 0 Å². The Hall–Kier alpha value is -1.96. The van der Waals surface area contributed by atoms with E-state index in [9.17, 15) is 4.79 Å². The molecule has 2 aromatic heterocycles. The fourth-order valence-electron chi connectivity index (χ4n) is 4.13. The molecular formula is C20H24ClN5OS. The van der Waals surface area contributed by atoms with Crippen molar-refractivity contribution in [2.45, 2.75) is 38.8 Å². The molecule has 2 aliphatic rings. The number of piperazine rings is 1. The van der Waals surface area contributed by atoms with Crippen LogP contribution in [0.2, 0.25) is 0 Å². The number of nitrogens with zero attached hydrogens (tertiary/aromatic N) is 4. The quantitative estimate of drug-likeness (QED) is 0.824. The molecule has 0 spiro atoms. The second kappa shape index (κ2) is 8.19. The molecule has 1 amide bonds. The van der Waals surface area contributed by atoms with Crippen molar-refractivity contribution >= 4 is 44.9 Å². The third-order valence-corrected chi connectivity index (χ3v) is 6.43. The number of hydrogen-bond acceptors (Lipinski definition) is 6. The summed E-state index contributed by atoms with van der Waals surface area (Å²) in [7, 11) is 0. The Kier molecular flexibility index (Phi) is 5.66. The molecule has 8 heteroatoms. The van der Waals surface area contributed by atoms with E-state index in [0.717, 1.165) is 47.7 Å². The number of aromatic nitrogens is 2. The maximum absolute atomic E-state index is 12.5. The van der Waals surface area contributed by atoms with Crippen molar-refractivity contribution in [1.29, 1.82) is 0 Å². The molecule has 1 fully saturated rings. The average molecular weight is 418 g/mol. The van der Waals surface area contributed by atoms with Gasteiger partial charge in [0, 0.05) is 30.9 Å². The zero-order valence-corrected chi connectivity index (χ0v) is 17.6. The lowest BCUT2D eigenvalue weighted by atomic mass is 10.1. The fraction of sp³-hybridized carbons (Fsp3) is 0.450. The van der Waals surface area contributed by atoms with Gasteiger partial charge in [-0.15, -0.1) is 11.3 Å². The van der Waals surface area contributed by atoms with Crippen LogP contribution in [0, 0.1) is 0 Å². The van der Waals surface area contributed by atoms with Crippen molar-refractivity contribution in [2.75, 3.05) is 24.5 Å². The molecule has 2 aromatic rings. The first-order chi connectivity index (χ1) is 13.5. The number of rotatable bonds is 4. The number of carbonyl (C=O) groups excluding carboxylic acids is 1. The Labute approximate surface area is 173 Å². The highest BCUT2D eigenvalue weighted by molar-refractivity contribution is 7.16. The number of halogens is 1. The summed E-state index contributed by atoms with van der Waals surface area (Å²) < 4.78 is 0. The van der Waals surface area contributed by atoms with E-state index in [4.69, 9.17) is 11.6 Å². The van der Waals surface area contributed by atoms with Gasteiger partial charge in [0.05, 0.1) is 17.0 Å². The van der Waals surface area contributed by atoms with Crippen molar-refractivity contribution in [2.24, 2.45) is 0 Å². The highest BCUT2D eigenvalue weighted by atomic mass is 35.5. The number of allylic oxidation sites excluding steroid dienone is 4. The van der Waals surface area contributed by atoms with Gasteiger partial charge < -0.3 is 10.2 Å². The molecule has 0 aromatic carbocycles. The summed E-state index contributed by atoms with van der Waals surface area (Å²) in [5.74, 6) is 0.986. The van der Waals surface area contributed by atoms with Crippen LogP contribution in [0.15, 0.2) is 40.7 Å². The summed E-state index contributed by atoms with van der Waals surface area (Å²) in [5.41, 5.74) is 0.828. The van der Waals surface area contributed by atoms with E-state index in [1.54, 1.807) is 17.7 Å². The van der Waals surface area contributed by atoms with Gasteiger partial charge in [-0.2, -0.15) is 0 Å². The number of thiophene rings is 1. The molecule has 148 valence electrons. The predicted octanol–water partition coefficient (Wildman–Crippen LogP) is 3.51. The summed E-state index contributed by atoms with van der Waals surface area (Å²) >= 11 is 7.82. The van der Waals surface area contributed by atoms with Crippen LogP contribution in [0.5, 0.6) is 0 Å². The lowest BCUT2D eigenvalue weighted by molar-refractivity contribution is -0.121. The van der Waals surface area contributed by atoms with Gasteiger partial charge in [-0.25, -0.2) is 9.97 Å². The molecule has 6 nitrogen and oxygen atoms in total. The molecule has 28 heavy (non-hydrogen) atoms. The Morgan fingerprint density at radius 2 is 2.11 bits per heavy atom. The van der Waals surface area contributed by atoms with E-state index in [0.29, 0.717) is 11.6 Å². The van der Waals surface area contributed by atoms with Crippen LogP contribution in [0.1, 0.15) is 26.7 Å². The molecular weight excluding hydrogens is 394 g/mol. The van der Waals surface area contributed by atoms with Gasteiger partial charge in [-0.05, 0) is 44.2 Å². The van der Waals surface area contributed by atoms with Crippen LogP contribution in [0.4, 0.5) is 5.82 Å². The largest absolute Gasteiger partial charge is 0.348 e. The molecule has 1 N–H and O–H groups in total. The Bertz CT molecular complexity index is 928. The maximum atomic E-state index is 12.5. The lowest BCUT2D eigenvalue weighted by Crippen LogP contribution is -2.58. The van der Waals surface area contributed by atoms with Crippen LogP contribution in [-0.2, 0) is 4.79 Å². The Morgan fingerprint density at radius 1 is 1.32 bits per heavy atom. The van der Waals surface area contributed by atoms with Gasteiger partial charge in [0.1, 0.15) is 17.0 Å². The van der Waals surface area contributed by atoms with Gasteiger partial charge in [0.15, 0.2) is 0 Å². The van der Waals surface area contributed by atoms with E-state index in [1.807, 2.05) is 12.2 Å². The van der Waals surface area contributed by atoms with Gasteiger partial charge in [-0.1, -0.05) is 17.7 Å². The lowest BCUT2D eigenvalue weighted by Gasteiger charge is -2.45. The number of anilines is 1. The zero-order chi connectivity index (χ0) is 19.7. The maximum Gasteiger partial charge on any atom is 0.238 e. The van der Waals surface area contributed by atoms with Crippen molar-refractivity contribution in [3.8, 4) is 0 Å². The molecule has 0 bridgehead atoms. The molecule has 2 atom stereocenters. The van der Waals surface area contributed by atoms with E-state index in [2.05, 4.69) is 50.4 Å². The summed E-state index contributed by atoms with van der Waals surface area (Å²) in [5, 5.41) is 6.78. The Morgan fingerprint density at radius 3 is 2.86 bits per heavy atom. The van der Waals surface area contributed by atoms with Crippen molar-refractivity contribution in [3.05, 3.63) is 40.7 Å². The monoisotopic (exact) mass is 417 g/mol. The summed E-state index contributed by atoms with van der Waals surface area (Å²) in [6, 6.07) is 2.58. The number of amides is 1. The first-order valence-corrected chi connectivity index (χ1v) is 10.8. The zero-order valence-electron chi connectivity index (χ0n) is 16.1. The van der Waals surface area contributed by atoms with Gasteiger partial charge in [0.2, 0.25) is 5.91 Å². The van der Waals surface area contributed by atoms with Gasteiger partial charge in [0.25, 0.3) is 0 Å². The molecule has 0 radical (unpaired) electrons. The molecule has 1 aliphatic heterocycles. The SMILES string of the molecule is CC1CN(CC(=O)NC2=C(Cl)C=CCC2)C[C@H](C)N1c1ncnc2sccc12. The first-order valence-electron chi connectivity index (χ1n) is 9.57. The molecule has 1 saturated heterocycles. The summed E-state index contributed by atoms with van der Waals surface area (Å²) in [6.45, 7) is 6.36. The smallest absolute Gasteiger partial charge is 0.238 e. The first kappa shape index (κ1) is 19.4. The minimum Gasteiger partial charge on any atom is -0.348 e. The van der Waals surface area contributed by atoms with Crippen LogP contribution >= 0.6 is 22.9 Å². The van der Waals surface area contributed by atoms with E-state index in [-0.39, 0.29) is 18.0 Å². The van der Waals surface area contributed by atoms with Crippen molar-refractivity contribution < 1.29 is 4.79 Å².